The fourth-order valence-electron chi connectivity index (χ4n) is 1.82. The van der Waals surface area contributed by atoms with E-state index in [9.17, 15) is 9.90 Å². The lowest BCUT2D eigenvalue weighted by molar-refractivity contribution is -0.148. The van der Waals surface area contributed by atoms with E-state index in [2.05, 4.69) is 0 Å². The summed E-state index contributed by atoms with van der Waals surface area (Å²) in [6.07, 6.45) is 0.542. The van der Waals surface area contributed by atoms with Crippen molar-refractivity contribution in [1.82, 2.24) is 4.90 Å². The molecule has 1 N–H and O–H groups in total. The predicted molar refractivity (Wildman–Crippen MR) is 75.6 cm³/mol. The van der Waals surface area contributed by atoms with E-state index >= 15 is 0 Å². The molecule has 0 fully saturated rings. The molecule has 0 amide bonds. The number of hydrogen-bond acceptors (Lipinski definition) is 3. The van der Waals surface area contributed by atoms with Crippen LogP contribution in [0.2, 0.25) is 0 Å². The van der Waals surface area contributed by atoms with Gasteiger partial charge in [0.15, 0.2) is 0 Å². The normalized spacial score (nSPS) is 14.5. The molecule has 0 aliphatic heterocycles. The minimum absolute atomic E-state index is 0.106. The van der Waals surface area contributed by atoms with E-state index in [1.807, 2.05) is 38.1 Å². The molecule has 1 rings (SSSR count). The van der Waals surface area contributed by atoms with Gasteiger partial charge in [0, 0.05) is 6.42 Å². The van der Waals surface area contributed by atoms with Crippen LogP contribution >= 0.6 is 0 Å². The fraction of sp³-hybridized carbons (Fsp3) is 0.533. The Balaban J connectivity index is 2.95. The second-order valence-corrected chi connectivity index (χ2v) is 5.46. The van der Waals surface area contributed by atoms with Crippen LogP contribution in [0.15, 0.2) is 24.3 Å². The maximum Gasteiger partial charge on any atom is 0.324 e. The lowest BCUT2D eigenvalue weighted by Gasteiger charge is -2.32. The molecule has 4 heteroatoms. The Morgan fingerprint density at radius 1 is 1.42 bits per heavy atom. The smallest absolute Gasteiger partial charge is 0.324 e. The highest BCUT2D eigenvalue weighted by molar-refractivity contribution is 5.78. The summed E-state index contributed by atoms with van der Waals surface area (Å²) < 4.78 is 5.63. The molecule has 1 aromatic carbocycles. The van der Waals surface area contributed by atoms with Gasteiger partial charge < -0.3 is 9.84 Å². The van der Waals surface area contributed by atoms with Crippen LogP contribution in [0, 0.1) is 0 Å². The Hall–Kier alpha value is -1.55. The van der Waals surface area contributed by atoms with Crippen LogP contribution in [-0.4, -0.2) is 41.7 Å². The highest BCUT2D eigenvalue weighted by atomic mass is 16.5. The molecule has 0 saturated carbocycles. The van der Waals surface area contributed by atoms with Crippen molar-refractivity contribution < 1.29 is 14.6 Å². The number of aliphatic carboxylic acids is 1. The van der Waals surface area contributed by atoms with Gasteiger partial charge >= 0.3 is 5.97 Å². The Labute approximate surface area is 115 Å². The number of hydrogen-bond donors (Lipinski definition) is 1. The largest absolute Gasteiger partial charge is 0.491 e. The highest BCUT2D eigenvalue weighted by Crippen LogP contribution is 2.22. The zero-order valence-electron chi connectivity index (χ0n) is 12.3. The first-order valence-electron chi connectivity index (χ1n) is 6.42. The summed E-state index contributed by atoms with van der Waals surface area (Å²) in [6, 6.07) is 7.62. The van der Waals surface area contributed by atoms with Gasteiger partial charge in [-0.1, -0.05) is 12.1 Å². The molecule has 0 heterocycles. The summed E-state index contributed by atoms with van der Waals surface area (Å²) in [5.74, 6) is -0.0494. The third kappa shape index (κ3) is 3.96. The van der Waals surface area contributed by atoms with E-state index in [1.54, 1.807) is 25.9 Å². The summed E-state index contributed by atoms with van der Waals surface area (Å²) in [4.78, 5) is 13.2. The Bertz CT molecular complexity index is 443. The number of benzene rings is 1. The molecule has 0 aliphatic carbocycles. The minimum Gasteiger partial charge on any atom is -0.491 e. The summed E-state index contributed by atoms with van der Waals surface area (Å²) in [6.45, 7) is 5.66. The lowest BCUT2D eigenvalue weighted by Crippen LogP contribution is -2.50. The third-order valence-corrected chi connectivity index (χ3v) is 3.27. The van der Waals surface area contributed by atoms with Crippen LogP contribution in [-0.2, 0) is 11.2 Å². The van der Waals surface area contributed by atoms with Gasteiger partial charge in [-0.05, 0) is 52.6 Å². The van der Waals surface area contributed by atoms with Gasteiger partial charge in [0.05, 0.1) is 6.10 Å². The molecule has 0 saturated heterocycles. The van der Waals surface area contributed by atoms with E-state index in [0.717, 1.165) is 11.3 Å². The molecule has 0 aromatic heterocycles. The van der Waals surface area contributed by atoms with Crippen molar-refractivity contribution in [2.45, 2.75) is 38.8 Å². The molecule has 4 nitrogen and oxygen atoms in total. The van der Waals surface area contributed by atoms with Crippen LogP contribution in [0.5, 0.6) is 5.75 Å². The van der Waals surface area contributed by atoms with E-state index in [0.29, 0.717) is 6.42 Å². The Morgan fingerprint density at radius 2 is 2.05 bits per heavy atom. The highest BCUT2D eigenvalue weighted by Gasteiger charge is 2.35. The van der Waals surface area contributed by atoms with Gasteiger partial charge in [-0.25, -0.2) is 0 Å². The topological polar surface area (TPSA) is 49.8 Å². The van der Waals surface area contributed by atoms with Gasteiger partial charge in [0.2, 0.25) is 0 Å². The summed E-state index contributed by atoms with van der Waals surface area (Å²) in [5, 5.41) is 9.41. The van der Waals surface area contributed by atoms with Crippen LogP contribution in [0.4, 0.5) is 0 Å². The van der Waals surface area contributed by atoms with Crippen LogP contribution in [0.25, 0.3) is 0 Å². The molecular formula is C15H23NO3. The standard InChI is InChI=1S/C15H23NO3/c1-11(2)19-13-8-6-7-12(9-13)10-15(3,14(17)18)16(4)5/h6-9,11H,10H2,1-5H3,(H,17,18). The molecule has 0 aliphatic rings. The molecule has 19 heavy (non-hydrogen) atoms. The third-order valence-electron chi connectivity index (χ3n) is 3.27. The number of likely N-dealkylation sites (N-methyl/N-ethyl adjacent to an activating group) is 1. The van der Waals surface area contributed by atoms with E-state index in [1.165, 1.54) is 0 Å². The minimum atomic E-state index is -0.920. The summed E-state index contributed by atoms with van der Waals surface area (Å²) >= 11 is 0. The average molecular weight is 265 g/mol. The molecule has 0 spiro atoms. The number of ether oxygens (including phenoxy) is 1. The molecule has 106 valence electrons. The Morgan fingerprint density at radius 3 is 2.53 bits per heavy atom. The lowest BCUT2D eigenvalue weighted by atomic mass is 9.91. The SMILES string of the molecule is CC(C)Oc1cccc(CC(C)(C(=O)O)N(C)C)c1. The Kier molecular flexibility index (Phi) is 4.95. The van der Waals surface area contributed by atoms with Crippen molar-refractivity contribution in [3.05, 3.63) is 29.8 Å². The molecule has 1 atom stereocenters. The molecule has 1 unspecified atom stereocenters. The quantitative estimate of drug-likeness (QED) is 0.858. The van der Waals surface area contributed by atoms with Gasteiger partial charge in [-0.2, -0.15) is 0 Å². The van der Waals surface area contributed by atoms with Gasteiger partial charge in [-0.15, -0.1) is 0 Å². The molecule has 1 aromatic rings. The molecule has 0 radical (unpaired) electrons. The van der Waals surface area contributed by atoms with Crippen molar-refractivity contribution in [2.24, 2.45) is 0 Å². The molecule has 0 bridgehead atoms. The van der Waals surface area contributed by atoms with Crippen molar-refractivity contribution in [3.63, 3.8) is 0 Å². The monoisotopic (exact) mass is 265 g/mol. The first-order valence-corrected chi connectivity index (χ1v) is 6.42. The van der Waals surface area contributed by atoms with Crippen molar-refractivity contribution in [2.75, 3.05) is 14.1 Å². The zero-order chi connectivity index (χ0) is 14.6. The van der Waals surface area contributed by atoms with Crippen LogP contribution in [0.3, 0.4) is 0 Å². The fourth-order valence-corrected chi connectivity index (χ4v) is 1.82. The van der Waals surface area contributed by atoms with Gasteiger partial charge in [-0.3, -0.25) is 9.69 Å². The van der Waals surface area contributed by atoms with Crippen LogP contribution in [0.1, 0.15) is 26.3 Å². The number of carboxylic acid groups (broad SMARTS) is 1. The van der Waals surface area contributed by atoms with Crippen molar-refractivity contribution in [1.29, 1.82) is 0 Å². The van der Waals surface area contributed by atoms with Crippen molar-refractivity contribution >= 4 is 5.97 Å². The number of carbonyl (C=O) groups is 1. The second-order valence-electron chi connectivity index (χ2n) is 5.46. The van der Waals surface area contributed by atoms with Gasteiger partial charge in [0.25, 0.3) is 0 Å². The van der Waals surface area contributed by atoms with Crippen LogP contribution < -0.4 is 4.74 Å². The predicted octanol–water partition coefficient (Wildman–Crippen LogP) is 2.42. The maximum absolute atomic E-state index is 11.5. The number of carboxylic acids is 1. The second kappa shape index (κ2) is 6.06. The van der Waals surface area contributed by atoms with E-state index < -0.39 is 11.5 Å². The number of nitrogens with zero attached hydrogens (tertiary/aromatic N) is 1. The van der Waals surface area contributed by atoms with E-state index in [-0.39, 0.29) is 6.10 Å². The zero-order valence-corrected chi connectivity index (χ0v) is 12.3. The molecular weight excluding hydrogens is 242 g/mol. The first kappa shape index (κ1) is 15.5. The summed E-state index contributed by atoms with van der Waals surface area (Å²) in [5.41, 5.74) is 0.0351. The van der Waals surface area contributed by atoms with E-state index in [4.69, 9.17) is 4.74 Å². The van der Waals surface area contributed by atoms with Crippen molar-refractivity contribution in [3.8, 4) is 5.75 Å². The van der Waals surface area contributed by atoms with Gasteiger partial charge in [0.1, 0.15) is 11.3 Å². The maximum atomic E-state index is 11.5. The first-order chi connectivity index (χ1) is 8.75. The summed E-state index contributed by atoms with van der Waals surface area (Å²) in [7, 11) is 3.56. The number of rotatable bonds is 6. The average Bonchev–Trinajstić information content (AvgIpc) is 2.27.